The van der Waals surface area contributed by atoms with Gasteiger partial charge < -0.3 is 14.7 Å². The molecule has 2 N–H and O–H groups in total. The number of aliphatic hydroxyl groups excluding tert-OH is 1. The number of amides is 1. The fourth-order valence-electron chi connectivity index (χ4n) is 6.98. The molecule has 5 atom stereocenters. The van der Waals surface area contributed by atoms with Gasteiger partial charge in [0.1, 0.15) is 5.75 Å². The fraction of sp³-hybridized carbons (Fsp3) is 0.484. The molecule has 0 aromatic heterocycles. The first-order chi connectivity index (χ1) is 19.7. The number of allylic oxidation sites excluding steroid dienone is 1. The van der Waals surface area contributed by atoms with Crippen molar-refractivity contribution in [2.75, 3.05) is 24.6 Å². The second-order valence-electron chi connectivity index (χ2n) is 11.9. The second-order valence-corrected chi connectivity index (χ2v) is 14.2. The molecule has 2 aliphatic carbocycles. The molecule has 2 aliphatic heterocycles. The van der Waals surface area contributed by atoms with Gasteiger partial charge in [0.05, 0.1) is 24.5 Å². The predicted molar refractivity (Wildman–Crippen MR) is 157 cm³/mol. The zero-order valence-electron chi connectivity index (χ0n) is 22.8. The van der Waals surface area contributed by atoms with Crippen molar-refractivity contribution in [1.29, 1.82) is 5.26 Å². The summed E-state index contributed by atoms with van der Waals surface area (Å²) in [4.78, 5) is 15.5. The van der Waals surface area contributed by atoms with Gasteiger partial charge in [0.15, 0.2) is 5.25 Å². The molecule has 216 valence electrons. The number of anilines is 1. The highest BCUT2D eigenvalue weighted by atomic mass is 35.5. The van der Waals surface area contributed by atoms with Crippen LogP contribution in [-0.2, 0) is 21.9 Å². The van der Waals surface area contributed by atoms with Crippen LogP contribution < -0.4 is 14.4 Å². The van der Waals surface area contributed by atoms with Gasteiger partial charge in [-0.1, -0.05) is 29.8 Å². The van der Waals surface area contributed by atoms with Crippen molar-refractivity contribution >= 4 is 33.2 Å². The minimum absolute atomic E-state index is 0.0248. The van der Waals surface area contributed by atoms with Crippen LogP contribution in [0, 0.1) is 23.2 Å². The molecule has 2 bridgehead atoms. The van der Waals surface area contributed by atoms with E-state index in [9.17, 15) is 23.6 Å². The molecule has 41 heavy (non-hydrogen) atoms. The number of halogens is 1. The van der Waals surface area contributed by atoms with Crippen LogP contribution in [-0.4, -0.2) is 50.5 Å². The molecular weight excluding hydrogens is 562 g/mol. The number of rotatable bonds is 0. The first-order valence-electron chi connectivity index (χ1n) is 14.3. The van der Waals surface area contributed by atoms with Crippen LogP contribution in [0.3, 0.4) is 0 Å². The van der Waals surface area contributed by atoms with Crippen LogP contribution in [0.5, 0.6) is 5.75 Å². The van der Waals surface area contributed by atoms with Gasteiger partial charge in [-0.2, -0.15) is 5.26 Å². The summed E-state index contributed by atoms with van der Waals surface area (Å²) in [6, 6.07) is 12.9. The van der Waals surface area contributed by atoms with Crippen LogP contribution >= 0.6 is 11.6 Å². The summed E-state index contributed by atoms with van der Waals surface area (Å²) >= 11 is 6.36. The van der Waals surface area contributed by atoms with Gasteiger partial charge >= 0.3 is 0 Å². The Balaban J connectivity index is 1.42. The monoisotopic (exact) mass is 595 g/mol. The van der Waals surface area contributed by atoms with Gasteiger partial charge in [-0.05, 0) is 98.2 Å². The van der Waals surface area contributed by atoms with Gasteiger partial charge in [-0.15, -0.1) is 0 Å². The van der Waals surface area contributed by atoms with Crippen molar-refractivity contribution in [3.63, 3.8) is 0 Å². The average Bonchev–Trinajstić information content (AvgIpc) is 3.07. The number of carbonyl (C=O) groups excluding carboxylic acids is 1. The Bertz CT molecular complexity index is 1540. The first kappa shape index (κ1) is 28.1. The summed E-state index contributed by atoms with van der Waals surface area (Å²) in [5, 5.41) is 19.9. The Hall–Kier alpha value is -3.06. The van der Waals surface area contributed by atoms with Gasteiger partial charge in [-0.3, -0.25) is 4.79 Å². The van der Waals surface area contributed by atoms with E-state index in [2.05, 4.69) is 15.7 Å². The minimum atomic E-state index is -4.23. The van der Waals surface area contributed by atoms with E-state index in [1.54, 1.807) is 30.4 Å². The van der Waals surface area contributed by atoms with E-state index in [1.807, 2.05) is 18.2 Å². The molecule has 1 spiro atoms. The molecule has 0 unspecified atom stereocenters. The maximum absolute atomic E-state index is 13.2. The third kappa shape index (κ3) is 5.33. The number of carbonyl (C=O) groups is 1. The molecule has 0 saturated heterocycles. The van der Waals surface area contributed by atoms with Gasteiger partial charge in [0.2, 0.25) is 0 Å². The van der Waals surface area contributed by atoms with Crippen LogP contribution in [0.15, 0.2) is 48.6 Å². The number of nitriles is 1. The molecule has 2 heterocycles. The Morgan fingerprint density at radius 2 is 2.02 bits per heavy atom. The first-order valence-corrected chi connectivity index (χ1v) is 16.2. The lowest BCUT2D eigenvalue weighted by molar-refractivity contribution is 0.0456. The molecule has 1 saturated carbocycles. The van der Waals surface area contributed by atoms with Crippen molar-refractivity contribution < 1.29 is 23.1 Å². The summed E-state index contributed by atoms with van der Waals surface area (Å²) in [6.07, 6.45) is 7.92. The maximum atomic E-state index is 13.2. The van der Waals surface area contributed by atoms with Gasteiger partial charge in [0, 0.05) is 29.1 Å². The smallest absolute Gasteiger partial charge is 0.264 e. The summed E-state index contributed by atoms with van der Waals surface area (Å²) in [6.45, 7) is 1.80. The molecule has 1 fully saturated rings. The van der Waals surface area contributed by atoms with Crippen molar-refractivity contribution in [1.82, 2.24) is 4.72 Å². The summed E-state index contributed by atoms with van der Waals surface area (Å²) in [7, 11) is -4.23. The van der Waals surface area contributed by atoms with E-state index in [-0.39, 0.29) is 29.2 Å². The number of hydrogen-bond donors (Lipinski definition) is 2. The maximum Gasteiger partial charge on any atom is 0.264 e. The third-order valence-corrected chi connectivity index (χ3v) is 11.1. The van der Waals surface area contributed by atoms with Crippen molar-refractivity contribution in [3.05, 3.63) is 70.3 Å². The van der Waals surface area contributed by atoms with E-state index in [0.29, 0.717) is 36.9 Å². The Kier molecular flexibility index (Phi) is 7.52. The van der Waals surface area contributed by atoms with Crippen molar-refractivity contribution in [2.24, 2.45) is 11.8 Å². The number of aryl methyl sites for hydroxylation is 1. The number of sulfonamides is 1. The van der Waals surface area contributed by atoms with Crippen LogP contribution in [0.25, 0.3) is 0 Å². The highest BCUT2D eigenvalue weighted by Gasteiger charge is 2.44. The molecule has 2 aromatic rings. The highest BCUT2D eigenvalue weighted by Crippen LogP contribution is 2.46. The number of hydrogen-bond acceptors (Lipinski definition) is 7. The van der Waals surface area contributed by atoms with Gasteiger partial charge in [-0.25, -0.2) is 13.1 Å². The molecule has 1 amide bonds. The number of benzene rings is 2. The Morgan fingerprint density at radius 1 is 1.17 bits per heavy atom. The number of fused-ring (bicyclic) bond motifs is 4. The Labute approximate surface area is 246 Å². The average molecular weight is 596 g/mol. The largest absolute Gasteiger partial charge is 0.490 e. The lowest BCUT2D eigenvalue weighted by Gasteiger charge is -2.45. The molecule has 0 radical (unpaired) electrons. The fourth-order valence-corrected chi connectivity index (χ4v) is 8.28. The standard InChI is InChI=1S/C31H34ClN3O5S/c32-23-9-11-26-20(14-23)4-3-13-31(26)18-35-17-22-7-10-25(22)28(36)6-2-1-5-24(16-33)41(38,39)34-30(37)21-8-12-29(40-19-31)27(35)15-21/h2,6,8-9,11-12,14-15,22,24-25,28,36H,1,3-5,7,10,13,17-19H2,(H,34,37)/b6-2+/t22-,24-,25+,28-,31-/m0/s1. The van der Waals surface area contributed by atoms with E-state index in [4.69, 9.17) is 16.3 Å². The number of aliphatic hydroxyl groups is 1. The lowest BCUT2D eigenvalue weighted by Crippen LogP contribution is -2.49. The van der Waals surface area contributed by atoms with E-state index in [0.717, 1.165) is 37.8 Å². The van der Waals surface area contributed by atoms with E-state index < -0.39 is 27.3 Å². The van der Waals surface area contributed by atoms with Crippen molar-refractivity contribution in [3.8, 4) is 11.8 Å². The third-order valence-electron chi connectivity index (χ3n) is 9.35. The zero-order valence-corrected chi connectivity index (χ0v) is 24.3. The van der Waals surface area contributed by atoms with Gasteiger partial charge in [0.25, 0.3) is 15.9 Å². The zero-order chi connectivity index (χ0) is 28.8. The lowest BCUT2D eigenvalue weighted by atomic mass is 9.68. The molecular formula is C31H34ClN3O5S. The van der Waals surface area contributed by atoms with E-state index in [1.165, 1.54) is 11.1 Å². The number of nitrogens with zero attached hydrogens (tertiary/aromatic N) is 2. The van der Waals surface area contributed by atoms with E-state index >= 15 is 0 Å². The summed E-state index contributed by atoms with van der Waals surface area (Å²) in [5.41, 5.74) is 3.08. The van der Waals surface area contributed by atoms with Crippen LogP contribution in [0.1, 0.15) is 60.0 Å². The molecule has 8 nitrogen and oxygen atoms in total. The minimum Gasteiger partial charge on any atom is -0.490 e. The second kappa shape index (κ2) is 11.0. The normalized spacial score (nSPS) is 31.7. The molecule has 2 aromatic carbocycles. The predicted octanol–water partition coefficient (Wildman–Crippen LogP) is 4.50. The molecule has 4 aliphatic rings. The van der Waals surface area contributed by atoms with Crippen LogP contribution in [0.2, 0.25) is 5.02 Å². The summed E-state index contributed by atoms with van der Waals surface area (Å²) < 4.78 is 34.4. The quantitative estimate of drug-likeness (QED) is 0.430. The highest BCUT2D eigenvalue weighted by molar-refractivity contribution is 7.90. The summed E-state index contributed by atoms with van der Waals surface area (Å²) in [5.74, 6) is 0.171. The molecule has 6 rings (SSSR count). The van der Waals surface area contributed by atoms with Crippen LogP contribution in [0.4, 0.5) is 5.69 Å². The topological polar surface area (TPSA) is 120 Å². The number of ether oxygens (including phenoxy) is 1. The Morgan fingerprint density at radius 3 is 2.80 bits per heavy atom. The number of nitrogens with one attached hydrogen (secondary N) is 1. The molecule has 10 heteroatoms. The van der Waals surface area contributed by atoms with Crippen molar-refractivity contribution in [2.45, 2.75) is 61.7 Å². The SMILES string of the molecule is N#C[C@@H]1CC/C=C/[C@H](O)[C@@H]2CC[C@H]2CN2C[C@@]3(CCCc4cc(Cl)ccc43)COc3ccc(cc32)C(=O)NS1(=O)=O.